The molecule has 0 unspecified atom stereocenters. The van der Waals surface area contributed by atoms with Crippen molar-refractivity contribution >= 4 is 27.8 Å². The third-order valence-corrected chi connectivity index (χ3v) is 5.65. The highest BCUT2D eigenvalue weighted by molar-refractivity contribution is 5.98. The van der Waals surface area contributed by atoms with Gasteiger partial charge in [0.2, 0.25) is 0 Å². The minimum atomic E-state index is 0.326. The minimum absolute atomic E-state index is 0.326. The average Bonchev–Trinajstić information content (AvgIpc) is 3.48. The first-order valence-corrected chi connectivity index (χ1v) is 11.1. The lowest BCUT2D eigenvalue weighted by Gasteiger charge is -2.10. The highest BCUT2D eigenvalue weighted by Gasteiger charge is 2.16. The molecule has 34 heavy (non-hydrogen) atoms. The average molecular weight is 447 g/mol. The number of pyridine rings is 4. The topological polar surface area (TPSA) is 108 Å². The number of aromatic amines is 2. The van der Waals surface area contributed by atoms with Gasteiger partial charge in [-0.3, -0.25) is 15.0 Å². The summed E-state index contributed by atoms with van der Waals surface area (Å²) in [5.74, 6) is 0.749. The van der Waals surface area contributed by atoms with Gasteiger partial charge >= 0.3 is 0 Å². The summed E-state index contributed by atoms with van der Waals surface area (Å²) >= 11 is 0. The normalized spacial score (nSPS) is 11.5. The van der Waals surface area contributed by atoms with Crippen LogP contribution in [0.5, 0.6) is 0 Å². The quantitative estimate of drug-likeness (QED) is 0.325. The van der Waals surface area contributed by atoms with Gasteiger partial charge in [0.15, 0.2) is 0 Å². The predicted octanol–water partition coefficient (Wildman–Crippen LogP) is 5.45. The van der Waals surface area contributed by atoms with E-state index in [0.29, 0.717) is 6.04 Å². The summed E-state index contributed by atoms with van der Waals surface area (Å²) in [4.78, 5) is 29.5. The van der Waals surface area contributed by atoms with Crippen molar-refractivity contribution in [2.75, 3.05) is 5.32 Å². The molecule has 8 nitrogen and oxygen atoms in total. The van der Waals surface area contributed by atoms with Crippen LogP contribution in [0.2, 0.25) is 0 Å². The Balaban J connectivity index is 1.45. The van der Waals surface area contributed by atoms with Crippen molar-refractivity contribution in [3.63, 3.8) is 0 Å². The monoisotopic (exact) mass is 446 g/mol. The summed E-state index contributed by atoms with van der Waals surface area (Å²) in [6, 6.07) is 10.4. The van der Waals surface area contributed by atoms with E-state index >= 15 is 0 Å². The molecule has 8 heteroatoms. The van der Waals surface area contributed by atoms with E-state index < -0.39 is 0 Å². The molecule has 0 fully saturated rings. The van der Waals surface area contributed by atoms with Crippen molar-refractivity contribution in [1.29, 1.82) is 0 Å². The molecule has 0 bridgehead atoms. The molecule has 0 atom stereocenters. The second-order valence-corrected chi connectivity index (χ2v) is 8.47. The molecular formula is C26H22N8. The third-order valence-electron chi connectivity index (χ3n) is 5.65. The molecule has 6 aromatic heterocycles. The van der Waals surface area contributed by atoms with E-state index in [4.69, 9.17) is 4.98 Å². The van der Waals surface area contributed by atoms with Crippen LogP contribution in [0.1, 0.15) is 13.8 Å². The molecule has 0 saturated heterocycles. The fourth-order valence-electron chi connectivity index (χ4n) is 4.14. The van der Waals surface area contributed by atoms with Crippen molar-refractivity contribution < 1.29 is 0 Å². The molecule has 3 N–H and O–H groups in total. The number of hydrogen-bond acceptors (Lipinski definition) is 6. The Bertz CT molecular complexity index is 1610. The van der Waals surface area contributed by atoms with E-state index in [1.807, 2.05) is 43.0 Å². The van der Waals surface area contributed by atoms with Crippen LogP contribution in [0.25, 0.3) is 55.8 Å². The predicted molar refractivity (Wildman–Crippen MR) is 134 cm³/mol. The molecule has 0 aliphatic carbocycles. The first kappa shape index (κ1) is 20.0. The molecule has 0 aliphatic rings. The summed E-state index contributed by atoms with van der Waals surface area (Å²) < 4.78 is 0. The maximum absolute atomic E-state index is 4.93. The molecule has 6 heterocycles. The van der Waals surface area contributed by atoms with Gasteiger partial charge in [0.25, 0.3) is 0 Å². The molecular weight excluding hydrogens is 424 g/mol. The number of rotatable bonds is 5. The Morgan fingerprint density at radius 1 is 0.882 bits per heavy atom. The van der Waals surface area contributed by atoms with Crippen LogP contribution in [0.4, 0.5) is 5.69 Å². The van der Waals surface area contributed by atoms with Crippen LogP contribution in [-0.2, 0) is 0 Å². The smallest absolute Gasteiger partial charge is 0.140 e. The number of aromatic nitrogens is 7. The summed E-state index contributed by atoms with van der Waals surface area (Å²) in [5.41, 5.74) is 8.12. The Labute approximate surface area is 195 Å². The standard InChI is InChI=1S/C26H22N8/c1-15(2)32-18-7-16(9-27-11-18)17-8-19-20(13-31-25(19)30-10-17)26-33-23-14-28-12-21(24(23)34-26)22-5-3-4-6-29-22/h3-15,32H,1-2H3,(H,30,31)(H,33,34). The van der Waals surface area contributed by atoms with Gasteiger partial charge in [-0.2, -0.15) is 0 Å². The van der Waals surface area contributed by atoms with E-state index in [1.54, 1.807) is 18.6 Å². The first-order valence-electron chi connectivity index (χ1n) is 11.1. The van der Waals surface area contributed by atoms with Gasteiger partial charge in [-0.15, -0.1) is 0 Å². The van der Waals surface area contributed by atoms with Gasteiger partial charge in [0, 0.05) is 70.9 Å². The van der Waals surface area contributed by atoms with Crippen LogP contribution in [0.3, 0.4) is 0 Å². The molecule has 6 aromatic rings. The fourth-order valence-corrected chi connectivity index (χ4v) is 4.14. The van der Waals surface area contributed by atoms with Crippen molar-refractivity contribution in [1.82, 2.24) is 34.9 Å². The van der Waals surface area contributed by atoms with Gasteiger partial charge in [0.1, 0.15) is 17.0 Å². The van der Waals surface area contributed by atoms with Gasteiger partial charge in [-0.25, -0.2) is 9.97 Å². The largest absolute Gasteiger partial charge is 0.382 e. The molecule has 0 spiro atoms. The minimum Gasteiger partial charge on any atom is -0.382 e. The Kier molecular flexibility index (Phi) is 4.76. The lowest BCUT2D eigenvalue weighted by Crippen LogP contribution is -2.09. The van der Waals surface area contributed by atoms with Crippen LogP contribution in [0.15, 0.2) is 73.7 Å². The molecule has 0 saturated carbocycles. The first-order chi connectivity index (χ1) is 16.7. The summed E-state index contributed by atoms with van der Waals surface area (Å²) in [6.07, 6.45) is 12.8. The van der Waals surface area contributed by atoms with E-state index in [0.717, 1.165) is 61.5 Å². The lowest BCUT2D eigenvalue weighted by atomic mass is 10.1. The van der Waals surface area contributed by atoms with E-state index in [1.165, 1.54) is 0 Å². The van der Waals surface area contributed by atoms with E-state index in [2.05, 4.69) is 61.2 Å². The highest BCUT2D eigenvalue weighted by atomic mass is 15.0. The molecule has 0 amide bonds. The van der Waals surface area contributed by atoms with Gasteiger partial charge in [0.05, 0.1) is 23.1 Å². The van der Waals surface area contributed by atoms with Crippen LogP contribution in [0, 0.1) is 0 Å². The molecule has 0 radical (unpaired) electrons. The highest BCUT2D eigenvalue weighted by Crippen LogP contribution is 2.33. The Morgan fingerprint density at radius 2 is 1.76 bits per heavy atom. The van der Waals surface area contributed by atoms with E-state index in [9.17, 15) is 0 Å². The Morgan fingerprint density at radius 3 is 2.62 bits per heavy atom. The summed E-state index contributed by atoms with van der Waals surface area (Å²) in [6.45, 7) is 4.21. The third kappa shape index (κ3) is 3.55. The number of hydrogen-bond donors (Lipinski definition) is 3. The molecule has 166 valence electrons. The number of nitrogens with one attached hydrogen (secondary N) is 3. The maximum atomic E-state index is 4.93. The van der Waals surface area contributed by atoms with Crippen molar-refractivity contribution in [2.45, 2.75) is 19.9 Å². The number of imidazole rings is 1. The number of H-pyrrole nitrogens is 2. The van der Waals surface area contributed by atoms with Gasteiger partial charge in [-0.05, 0) is 38.1 Å². The Hall–Kier alpha value is -4.59. The van der Waals surface area contributed by atoms with Crippen LogP contribution in [-0.4, -0.2) is 40.9 Å². The number of nitrogens with zero attached hydrogens (tertiary/aromatic N) is 5. The molecule has 0 aromatic carbocycles. The molecule has 6 rings (SSSR count). The number of anilines is 1. The van der Waals surface area contributed by atoms with Crippen molar-refractivity contribution in [3.05, 3.63) is 73.7 Å². The second-order valence-electron chi connectivity index (χ2n) is 8.47. The molecule has 0 aliphatic heterocycles. The number of fused-ring (bicyclic) bond motifs is 2. The van der Waals surface area contributed by atoms with Gasteiger partial charge < -0.3 is 15.3 Å². The van der Waals surface area contributed by atoms with Crippen LogP contribution < -0.4 is 5.32 Å². The zero-order valence-electron chi connectivity index (χ0n) is 18.7. The SMILES string of the molecule is CC(C)Nc1cncc(-c2cnc3[nH]cc(-c4nc5c(-c6ccccn6)cncc5[nH]4)c3c2)c1. The zero-order valence-corrected chi connectivity index (χ0v) is 18.7. The maximum Gasteiger partial charge on any atom is 0.140 e. The zero-order chi connectivity index (χ0) is 23.1. The second kappa shape index (κ2) is 8.08. The van der Waals surface area contributed by atoms with Crippen LogP contribution >= 0.6 is 0 Å². The van der Waals surface area contributed by atoms with Crippen molar-refractivity contribution in [3.8, 4) is 33.8 Å². The summed E-state index contributed by atoms with van der Waals surface area (Å²) in [5, 5.41) is 4.38. The van der Waals surface area contributed by atoms with Crippen molar-refractivity contribution in [2.24, 2.45) is 0 Å². The fraction of sp³-hybridized carbons (Fsp3) is 0.115. The lowest BCUT2D eigenvalue weighted by molar-refractivity contribution is 0.898. The summed E-state index contributed by atoms with van der Waals surface area (Å²) in [7, 11) is 0. The van der Waals surface area contributed by atoms with Gasteiger partial charge in [-0.1, -0.05) is 6.07 Å². The van der Waals surface area contributed by atoms with E-state index in [-0.39, 0.29) is 0 Å².